The monoisotopic (exact) mass is 414 g/mol. The molecule has 4 rings (SSSR count). The number of pyridine rings is 1. The average molecular weight is 415 g/mol. The normalized spacial score (nSPS) is 11.1. The van der Waals surface area contributed by atoms with E-state index in [0.717, 1.165) is 39.2 Å². The summed E-state index contributed by atoms with van der Waals surface area (Å²) in [5.74, 6) is 0. The standard InChI is InChI=1S/C30H26N2/c1-22(2)32-30(28-17-15-27(16-18-28)29-10-7-19-31-21-29)20-23(3)24-11-13-26(14-12-24)25-8-5-4-6-9-25/h4-21H,3H2,1-2H3/b30-20-. The van der Waals surface area contributed by atoms with E-state index in [1.54, 1.807) is 6.20 Å². The first-order valence-electron chi connectivity index (χ1n) is 10.7. The highest BCUT2D eigenvalue weighted by atomic mass is 14.7. The van der Waals surface area contributed by atoms with Crippen LogP contribution in [0, 0.1) is 0 Å². The topological polar surface area (TPSA) is 25.2 Å². The fourth-order valence-corrected chi connectivity index (χ4v) is 3.54. The van der Waals surface area contributed by atoms with Gasteiger partial charge in [0.15, 0.2) is 0 Å². The quantitative estimate of drug-likeness (QED) is 0.232. The van der Waals surface area contributed by atoms with Gasteiger partial charge in [0.05, 0.1) is 5.70 Å². The Labute approximate surface area is 190 Å². The van der Waals surface area contributed by atoms with Crippen molar-refractivity contribution in [1.82, 2.24) is 4.98 Å². The van der Waals surface area contributed by atoms with Gasteiger partial charge in [-0.05, 0) is 59.4 Å². The van der Waals surface area contributed by atoms with Crippen LogP contribution in [-0.4, -0.2) is 10.7 Å². The fraction of sp³-hybridized carbons (Fsp3) is 0.0667. The highest BCUT2D eigenvalue weighted by Gasteiger charge is 2.06. The molecule has 0 unspecified atom stereocenters. The molecule has 0 spiro atoms. The highest BCUT2D eigenvalue weighted by Crippen LogP contribution is 2.27. The Bertz CT molecular complexity index is 1240. The van der Waals surface area contributed by atoms with E-state index >= 15 is 0 Å². The zero-order valence-corrected chi connectivity index (χ0v) is 18.5. The summed E-state index contributed by atoms with van der Waals surface area (Å²) in [5.41, 5.74) is 9.61. The lowest BCUT2D eigenvalue weighted by atomic mass is 9.99. The van der Waals surface area contributed by atoms with Crippen molar-refractivity contribution >= 4 is 17.0 Å². The van der Waals surface area contributed by atoms with Gasteiger partial charge >= 0.3 is 0 Å². The van der Waals surface area contributed by atoms with Gasteiger partial charge in [-0.1, -0.05) is 91.5 Å². The second kappa shape index (κ2) is 9.84. The summed E-state index contributed by atoms with van der Waals surface area (Å²) in [7, 11) is 0. The Balaban J connectivity index is 1.61. The minimum absolute atomic E-state index is 0.903. The van der Waals surface area contributed by atoms with Crippen molar-refractivity contribution in [2.45, 2.75) is 13.8 Å². The van der Waals surface area contributed by atoms with Crippen LogP contribution in [0.3, 0.4) is 0 Å². The Morgan fingerprint density at radius 1 is 0.688 bits per heavy atom. The molecule has 0 aliphatic heterocycles. The summed E-state index contributed by atoms with van der Waals surface area (Å²) in [6, 6.07) is 31.3. The third kappa shape index (κ3) is 5.16. The van der Waals surface area contributed by atoms with Gasteiger partial charge in [-0.2, -0.15) is 0 Å². The van der Waals surface area contributed by atoms with Crippen molar-refractivity contribution in [3.63, 3.8) is 0 Å². The predicted molar refractivity (Wildman–Crippen MR) is 137 cm³/mol. The van der Waals surface area contributed by atoms with Crippen molar-refractivity contribution in [3.8, 4) is 22.3 Å². The largest absolute Gasteiger partial charge is 0.264 e. The molecule has 0 amide bonds. The van der Waals surface area contributed by atoms with Crippen molar-refractivity contribution in [2.75, 3.05) is 0 Å². The van der Waals surface area contributed by atoms with Gasteiger partial charge in [-0.25, -0.2) is 0 Å². The highest BCUT2D eigenvalue weighted by molar-refractivity contribution is 5.90. The molecule has 1 heterocycles. The lowest BCUT2D eigenvalue weighted by Crippen LogP contribution is -1.89. The molecule has 0 saturated carbocycles. The van der Waals surface area contributed by atoms with Crippen molar-refractivity contribution in [3.05, 3.63) is 127 Å². The maximum Gasteiger partial charge on any atom is 0.0707 e. The van der Waals surface area contributed by atoms with E-state index in [9.17, 15) is 0 Å². The molecule has 4 aromatic rings. The number of rotatable bonds is 6. The van der Waals surface area contributed by atoms with E-state index < -0.39 is 0 Å². The van der Waals surface area contributed by atoms with E-state index in [4.69, 9.17) is 4.99 Å². The molecule has 0 aliphatic carbocycles. The Morgan fingerprint density at radius 3 is 1.84 bits per heavy atom. The second-order valence-corrected chi connectivity index (χ2v) is 7.88. The number of aromatic nitrogens is 1. The van der Waals surface area contributed by atoms with Crippen LogP contribution in [0.1, 0.15) is 25.0 Å². The van der Waals surface area contributed by atoms with Gasteiger partial charge in [0.1, 0.15) is 0 Å². The van der Waals surface area contributed by atoms with Crippen LogP contribution in [0.25, 0.3) is 33.5 Å². The zero-order valence-electron chi connectivity index (χ0n) is 18.5. The van der Waals surface area contributed by atoms with Crippen LogP contribution in [0.15, 0.2) is 121 Å². The molecule has 0 aliphatic rings. The van der Waals surface area contributed by atoms with E-state index in [2.05, 4.69) is 96.5 Å². The number of hydrogen-bond donors (Lipinski definition) is 0. The molecule has 156 valence electrons. The summed E-state index contributed by atoms with van der Waals surface area (Å²) in [6.07, 6.45) is 5.72. The first-order chi connectivity index (χ1) is 15.6. The third-order valence-corrected chi connectivity index (χ3v) is 5.19. The molecule has 0 fully saturated rings. The number of nitrogens with zero attached hydrogens (tertiary/aromatic N) is 2. The van der Waals surface area contributed by atoms with E-state index in [1.165, 1.54) is 11.1 Å². The van der Waals surface area contributed by atoms with Crippen LogP contribution in [-0.2, 0) is 0 Å². The van der Waals surface area contributed by atoms with Gasteiger partial charge in [-0.15, -0.1) is 0 Å². The summed E-state index contributed by atoms with van der Waals surface area (Å²) in [6.45, 7) is 8.33. The van der Waals surface area contributed by atoms with Crippen LogP contribution >= 0.6 is 0 Å². The predicted octanol–water partition coefficient (Wildman–Crippen LogP) is 7.95. The van der Waals surface area contributed by atoms with Crippen LogP contribution in [0.5, 0.6) is 0 Å². The average Bonchev–Trinajstić information content (AvgIpc) is 2.84. The Morgan fingerprint density at radius 2 is 1.25 bits per heavy atom. The van der Waals surface area contributed by atoms with Crippen LogP contribution in [0.2, 0.25) is 0 Å². The van der Waals surface area contributed by atoms with Crippen molar-refractivity contribution < 1.29 is 0 Å². The third-order valence-electron chi connectivity index (χ3n) is 5.19. The summed E-state index contributed by atoms with van der Waals surface area (Å²) in [4.78, 5) is 9.00. The molecule has 0 radical (unpaired) electrons. The fourth-order valence-electron chi connectivity index (χ4n) is 3.54. The molecular weight excluding hydrogens is 388 g/mol. The van der Waals surface area contributed by atoms with Gasteiger partial charge in [0.2, 0.25) is 0 Å². The molecule has 1 aromatic heterocycles. The van der Waals surface area contributed by atoms with Crippen LogP contribution < -0.4 is 0 Å². The van der Waals surface area contributed by atoms with Gasteiger partial charge in [-0.3, -0.25) is 9.98 Å². The minimum atomic E-state index is 0.903. The molecule has 0 saturated heterocycles. The molecule has 0 N–H and O–H groups in total. The van der Waals surface area contributed by atoms with Crippen molar-refractivity contribution in [2.24, 2.45) is 4.99 Å². The second-order valence-electron chi connectivity index (χ2n) is 7.88. The van der Waals surface area contributed by atoms with Crippen molar-refractivity contribution in [1.29, 1.82) is 0 Å². The molecule has 2 heteroatoms. The lowest BCUT2D eigenvalue weighted by Gasteiger charge is -2.09. The Hall–Kier alpha value is -4.04. The van der Waals surface area contributed by atoms with Gasteiger partial charge < -0.3 is 0 Å². The molecule has 0 bridgehead atoms. The Kier molecular flexibility index (Phi) is 6.52. The lowest BCUT2D eigenvalue weighted by molar-refractivity contribution is 1.33. The van der Waals surface area contributed by atoms with E-state index in [-0.39, 0.29) is 0 Å². The molecule has 2 nitrogen and oxygen atoms in total. The number of aliphatic imine (C=N–C) groups is 1. The molecule has 3 aromatic carbocycles. The molecule has 0 atom stereocenters. The molecular formula is C30H26N2. The maximum absolute atomic E-state index is 4.78. The SMILES string of the molecule is C=C(/C=C(\N=C(C)C)c1ccc(-c2cccnc2)cc1)c1ccc(-c2ccccc2)cc1. The molecule has 32 heavy (non-hydrogen) atoms. The first-order valence-corrected chi connectivity index (χ1v) is 10.7. The van der Waals surface area contributed by atoms with Gasteiger partial charge in [0.25, 0.3) is 0 Å². The van der Waals surface area contributed by atoms with Gasteiger partial charge in [0, 0.05) is 23.7 Å². The van der Waals surface area contributed by atoms with E-state index in [1.807, 2.05) is 32.2 Å². The zero-order chi connectivity index (χ0) is 22.3. The number of hydrogen-bond acceptors (Lipinski definition) is 2. The van der Waals surface area contributed by atoms with Crippen LogP contribution in [0.4, 0.5) is 0 Å². The smallest absolute Gasteiger partial charge is 0.0707 e. The summed E-state index contributed by atoms with van der Waals surface area (Å²) < 4.78 is 0. The van der Waals surface area contributed by atoms with E-state index in [0.29, 0.717) is 0 Å². The number of benzene rings is 3. The first kappa shape index (κ1) is 21.2. The summed E-state index contributed by atoms with van der Waals surface area (Å²) >= 11 is 0. The maximum atomic E-state index is 4.78. The minimum Gasteiger partial charge on any atom is -0.264 e. The summed E-state index contributed by atoms with van der Waals surface area (Å²) in [5, 5.41) is 0. The number of allylic oxidation sites excluding steroid dienone is 2.